The zero-order chi connectivity index (χ0) is 14.9. The van der Waals surface area contributed by atoms with Gasteiger partial charge in [-0.15, -0.1) is 0 Å². The molecule has 6 heteroatoms. The second-order valence-corrected chi connectivity index (χ2v) is 5.04. The molecule has 6 nitrogen and oxygen atoms in total. The van der Waals surface area contributed by atoms with Crippen molar-refractivity contribution in [3.05, 3.63) is 24.3 Å². The van der Waals surface area contributed by atoms with Crippen LogP contribution in [-0.4, -0.2) is 49.6 Å². The van der Waals surface area contributed by atoms with Gasteiger partial charge in [-0.25, -0.2) is 9.59 Å². The molecular weight excluding hydrogens is 264 g/mol. The quantitative estimate of drug-likeness (QED) is 0.560. The van der Waals surface area contributed by atoms with Crippen molar-refractivity contribution < 1.29 is 28.5 Å². The fourth-order valence-corrected chi connectivity index (χ4v) is 2.11. The third-order valence-electron chi connectivity index (χ3n) is 3.18. The van der Waals surface area contributed by atoms with Gasteiger partial charge in [-0.2, -0.15) is 0 Å². The van der Waals surface area contributed by atoms with Crippen molar-refractivity contribution in [3.63, 3.8) is 0 Å². The second-order valence-electron chi connectivity index (χ2n) is 5.04. The average molecular weight is 282 g/mol. The van der Waals surface area contributed by atoms with E-state index in [2.05, 4.69) is 13.2 Å². The smallest absolute Gasteiger partial charge is 0.333 e. The molecule has 0 aromatic rings. The molecule has 2 fully saturated rings. The summed E-state index contributed by atoms with van der Waals surface area (Å²) in [6.07, 6.45) is -1.84. The molecule has 2 saturated heterocycles. The number of fused-ring (bicyclic) bond motifs is 1. The highest BCUT2D eigenvalue weighted by Crippen LogP contribution is 2.31. The number of carbonyl (C=O) groups is 2. The lowest BCUT2D eigenvalue weighted by molar-refractivity contribution is -0.150. The first kappa shape index (κ1) is 14.7. The Labute approximate surface area is 117 Å². The summed E-state index contributed by atoms with van der Waals surface area (Å²) in [5.41, 5.74) is 0.633. The Morgan fingerprint density at radius 2 is 1.25 bits per heavy atom. The number of rotatable bonds is 4. The third-order valence-corrected chi connectivity index (χ3v) is 3.18. The van der Waals surface area contributed by atoms with Crippen LogP contribution in [0.25, 0.3) is 0 Å². The van der Waals surface area contributed by atoms with Crippen LogP contribution < -0.4 is 0 Å². The van der Waals surface area contributed by atoms with E-state index in [0.29, 0.717) is 11.1 Å². The molecule has 0 radical (unpaired) electrons. The monoisotopic (exact) mass is 282 g/mol. The summed E-state index contributed by atoms with van der Waals surface area (Å²) in [7, 11) is 0. The third kappa shape index (κ3) is 2.91. The molecule has 0 bridgehead atoms. The standard InChI is InChI=1S/C14H18O6/c1-7(2)13(15)19-9-5-17-12-10(6-18-11(9)12)20-14(16)8(3)4/h9-12H,1,3,5-6H2,2,4H3. The Bertz CT molecular complexity index is 413. The van der Waals surface area contributed by atoms with Crippen molar-refractivity contribution in [2.75, 3.05) is 13.2 Å². The summed E-state index contributed by atoms with van der Waals surface area (Å²) in [6.45, 7) is 10.6. The van der Waals surface area contributed by atoms with Crippen LogP contribution in [0.5, 0.6) is 0 Å². The molecule has 2 aliphatic heterocycles. The summed E-state index contributed by atoms with van der Waals surface area (Å²) >= 11 is 0. The molecule has 110 valence electrons. The topological polar surface area (TPSA) is 71.1 Å². The average Bonchev–Trinajstić information content (AvgIpc) is 2.93. The molecule has 4 atom stereocenters. The van der Waals surface area contributed by atoms with Crippen LogP contribution in [0.4, 0.5) is 0 Å². The van der Waals surface area contributed by atoms with Gasteiger partial charge in [0.15, 0.2) is 12.2 Å². The summed E-state index contributed by atoms with van der Waals surface area (Å²) in [4.78, 5) is 23.0. The number of hydrogen-bond donors (Lipinski definition) is 0. The predicted octanol–water partition coefficient (Wildman–Crippen LogP) is 0.760. The molecular formula is C14H18O6. The van der Waals surface area contributed by atoms with E-state index in [1.165, 1.54) is 0 Å². The van der Waals surface area contributed by atoms with Crippen LogP contribution in [-0.2, 0) is 28.5 Å². The Morgan fingerprint density at radius 1 is 0.900 bits per heavy atom. The molecule has 0 spiro atoms. The predicted molar refractivity (Wildman–Crippen MR) is 68.9 cm³/mol. The number of ether oxygens (including phenoxy) is 4. The second kappa shape index (κ2) is 5.76. The van der Waals surface area contributed by atoms with E-state index in [-0.39, 0.29) is 13.2 Å². The van der Waals surface area contributed by atoms with Crippen molar-refractivity contribution in [2.45, 2.75) is 38.3 Å². The van der Waals surface area contributed by atoms with Gasteiger partial charge in [0, 0.05) is 11.1 Å². The van der Waals surface area contributed by atoms with E-state index in [9.17, 15) is 9.59 Å². The van der Waals surface area contributed by atoms with Crippen LogP contribution >= 0.6 is 0 Å². The number of hydrogen-bond acceptors (Lipinski definition) is 6. The maximum absolute atomic E-state index is 11.5. The van der Waals surface area contributed by atoms with Crippen LogP contribution in [0, 0.1) is 0 Å². The Kier molecular flexibility index (Phi) is 4.25. The first-order valence-corrected chi connectivity index (χ1v) is 6.36. The summed E-state index contributed by atoms with van der Waals surface area (Å²) in [5.74, 6) is -0.963. The molecule has 0 aromatic heterocycles. The van der Waals surface area contributed by atoms with Crippen LogP contribution in [0.1, 0.15) is 13.8 Å². The van der Waals surface area contributed by atoms with Crippen LogP contribution in [0.3, 0.4) is 0 Å². The molecule has 0 aromatic carbocycles. The molecule has 0 amide bonds. The fourth-order valence-electron chi connectivity index (χ4n) is 2.11. The first-order valence-electron chi connectivity index (χ1n) is 6.36. The van der Waals surface area contributed by atoms with Crippen LogP contribution in [0.2, 0.25) is 0 Å². The Balaban J connectivity index is 1.94. The maximum Gasteiger partial charge on any atom is 0.333 e. The van der Waals surface area contributed by atoms with Gasteiger partial charge in [-0.3, -0.25) is 0 Å². The molecule has 0 saturated carbocycles. The molecule has 0 aliphatic carbocycles. The minimum absolute atomic E-state index is 0.218. The zero-order valence-electron chi connectivity index (χ0n) is 11.6. The van der Waals surface area contributed by atoms with Crippen molar-refractivity contribution in [1.29, 1.82) is 0 Å². The van der Waals surface area contributed by atoms with Gasteiger partial charge in [-0.1, -0.05) is 13.2 Å². The van der Waals surface area contributed by atoms with Gasteiger partial charge in [-0.05, 0) is 13.8 Å². The molecule has 20 heavy (non-hydrogen) atoms. The molecule has 2 heterocycles. The molecule has 2 rings (SSSR count). The molecule has 2 aliphatic rings. The van der Waals surface area contributed by atoms with Crippen molar-refractivity contribution >= 4 is 11.9 Å². The SMILES string of the molecule is C=C(C)C(=O)OC1COC2C(OC(=O)C(=C)C)COC12. The van der Waals surface area contributed by atoms with Gasteiger partial charge in [0.05, 0.1) is 13.2 Å². The van der Waals surface area contributed by atoms with E-state index >= 15 is 0 Å². The largest absolute Gasteiger partial charge is 0.454 e. The molecule has 0 N–H and O–H groups in total. The summed E-state index contributed by atoms with van der Waals surface area (Å²) < 4.78 is 21.5. The Morgan fingerprint density at radius 3 is 1.55 bits per heavy atom. The van der Waals surface area contributed by atoms with E-state index in [1.807, 2.05) is 0 Å². The minimum atomic E-state index is -0.502. The van der Waals surface area contributed by atoms with Crippen molar-refractivity contribution in [2.24, 2.45) is 0 Å². The highest BCUT2D eigenvalue weighted by atomic mass is 16.7. The van der Waals surface area contributed by atoms with Crippen molar-refractivity contribution in [1.82, 2.24) is 0 Å². The highest BCUT2D eigenvalue weighted by Gasteiger charge is 2.51. The highest BCUT2D eigenvalue weighted by molar-refractivity contribution is 5.87. The normalized spacial score (nSPS) is 31.5. The zero-order valence-corrected chi connectivity index (χ0v) is 11.6. The lowest BCUT2D eigenvalue weighted by Crippen LogP contribution is -2.36. The van der Waals surface area contributed by atoms with E-state index in [1.54, 1.807) is 13.8 Å². The summed E-state index contributed by atoms with van der Waals surface area (Å²) in [5, 5.41) is 0. The minimum Gasteiger partial charge on any atom is -0.454 e. The summed E-state index contributed by atoms with van der Waals surface area (Å²) in [6, 6.07) is 0. The van der Waals surface area contributed by atoms with Crippen LogP contribution in [0.15, 0.2) is 24.3 Å². The van der Waals surface area contributed by atoms with E-state index < -0.39 is 36.4 Å². The van der Waals surface area contributed by atoms with Gasteiger partial charge < -0.3 is 18.9 Å². The van der Waals surface area contributed by atoms with Gasteiger partial charge in [0.1, 0.15) is 12.2 Å². The Hall–Kier alpha value is -1.66. The van der Waals surface area contributed by atoms with E-state index in [4.69, 9.17) is 18.9 Å². The van der Waals surface area contributed by atoms with Crippen molar-refractivity contribution in [3.8, 4) is 0 Å². The molecule has 4 unspecified atom stereocenters. The first-order chi connectivity index (χ1) is 9.40. The van der Waals surface area contributed by atoms with Gasteiger partial charge >= 0.3 is 11.9 Å². The van der Waals surface area contributed by atoms with E-state index in [0.717, 1.165) is 0 Å². The maximum atomic E-state index is 11.5. The lowest BCUT2D eigenvalue weighted by atomic mass is 10.1. The lowest BCUT2D eigenvalue weighted by Gasteiger charge is -2.17. The van der Waals surface area contributed by atoms with Gasteiger partial charge in [0.2, 0.25) is 0 Å². The fraction of sp³-hybridized carbons (Fsp3) is 0.571. The number of carbonyl (C=O) groups excluding carboxylic acids is 2. The number of esters is 2. The van der Waals surface area contributed by atoms with Gasteiger partial charge in [0.25, 0.3) is 0 Å².